The molecule has 0 aromatic heterocycles. The molecule has 0 spiro atoms. The molecule has 1 aromatic rings. The minimum absolute atomic E-state index is 0.372. The van der Waals surface area contributed by atoms with Gasteiger partial charge in [0, 0.05) is 31.4 Å². The van der Waals surface area contributed by atoms with Gasteiger partial charge in [-0.15, -0.1) is 0 Å². The maximum atomic E-state index is 9.57. The van der Waals surface area contributed by atoms with Crippen LogP contribution in [0.5, 0.6) is 0 Å². The molecule has 2 heterocycles. The number of hydrogen-bond acceptors (Lipinski definition) is 3. The summed E-state index contributed by atoms with van der Waals surface area (Å²) in [7, 11) is 0. The Morgan fingerprint density at radius 3 is 2.58 bits per heavy atom. The lowest BCUT2D eigenvalue weighted by Gasteiger charge is -2.27. The van der Waals surface area contributed by atoms with Gasteiger partial charge in [-0.1, -0.05) is 12.1 Å². The Labute approximate surface area is 115 Å². The molecule has 3 nitrogen and oxygen atoms in total. The molecule has 1 aromatic carbocycles. The minimum Gasteiger partial charge on any atom is -0.389 e. The standard InChI is InChI=1S/C16H24N2O/c1-13(19)14-5-7-15(8-6-14)18-11-3-10-17-9-2-4-16(17)12-18/h5-8,13,16,19H,2-4,9-12H2,1H3. The molecule has 3 heteroatoms. The van der Waals surface area contributed by atoms with Gasteiger partial charge in [0.15, 0.2) is 0 Å². The number of aliphatic hydroxyl groups is 1. The van der Waals surface area contributed by atoms with Crippen LogP contribution in [0, 0.1) is 0 Å². The van der Waals surface area contributed by atoms with Crippen molar-refractivity contribution >= 4 is 5.69 Å². The van der Waals surface area contributed by atoms with Crippen molar-refractivity contribution in [3.05, 3.63) is 29.8 Å². The van der Waals surface area contributed by atoms with E-state index in [1.165, 1.54) is 38.0 Å². The molecule has 19 heavy (non-hydrogen) atoms. The second-order valence-electron chi connectivity index (χ2n) is 5.90. The lowest BCUT2D eigenvalue weighted by atomic mass is 10.1. The van der Waals surface area contributed by atoms with Crippen molar-refractivity contribution in [2.24, 2.45) is 0 Å². The number of nitrogens with zero attached hydrogens (tertiary/aromatic N) is 2. The molecular weight excluding hydrogens is 236 g/mol. The Bertz CT molecular complexity index is 415. The van der Waals surface area contributed by atoms with Crippen LogP contribution in [-0.2, 0) is 0 Å². The summed E-state index contributed by atoms with van der Waals surface area (Å²) in [5, 5.41) is 9.57. The van der Waals surface area contributed by atoms with Crippen LogP contribution in [0.25, 0.3) is 0 Å². The molecule has 0 bridgehead atoms. The van der Waals surface area contributed by atoms with Gasteiger partial charge in [-0.3, -0.25) is 4.90 Å². The highest BCUT2D eigenvalue weighted by Gasteiger charge is 2.28. The topological polar surface area (TPSA) is 26.7 Å². The van der Waals surface area contributed by atoms with E-state index in [-0.39, 0.29) is 6.10 Å². The molecule has 2 aliphatic rings. The van der Waals surface area contributed by atoms with Crippen LogP contribution in [0.2, 0.25) is 0 Å². The van der Waals surface area contributed by atoms with E-state index in [9.17, 15) is 5.11 Å². The summed E-state index contributed by atoms with van der Waals surface area (Å²) in [5.41, 5.74) is 2.30. The number of hydrogen-bond donors (Lipinski definition) is 1. The zero-order valence-electron chi connectivity index (χ0n) is 11.8. The van der Waals surface area contributed by atoms with Gasteiger partial charge in [-0.05, 0) is 50.4 Å². The average molecular weight is 260 g/mol. The van der Waals surface area contributed by atoms with E-state index >= 15 is 0 Å². The Balaban J connectivity index is 1.73. The van der Waals surface area contributed by atoms with E-state index in [0.29, 0.717) is 0 Å². The quantitative estimate of drug-likeness (QED) is 0.884. The predicted octanol–water partition coefficient (Wildman–Crippen LogP) is 2.41. The van der Waals surface area contributed by atoms with E-state index in [1.807, 2.05) is 6.92 Å². The zero-order valence-corrected chi connectivity index (χ0v) is 11.8. The van der Waals surface area contributed by atoms with E-state index < -0.39 is 0 Å². The molecule has 2 atom stereocenters. The van der Waals surface area contributed by atoms with Crippen LogP contribution in [0.1, 0.15) is 37.9 Å². The van der Waals surface area contributed by atoms with Gasteiger partial charge < -0.3 is 10.0 Å². The second kappa shape index (κ2) is 5.51. The van der Waals surface area contributed by atoms with Gasteiger partial charge >= 0.3 is 0 Å². The largest absolute Gasteiger partial charge is 0.389 e. The van der Waals surface area contributed by atoms with Crippen molar-refractivity contribution in [2.45, 2.75) is 38.3 Å². The molecule has 3 rings (SSSR count). The summed E-state index contributed by atoms with van der Waals surface area (Å²) < 4.78 is 0. The molecule has 0 amide bonds. The van der Waals surface area contributed by atoms with Crippen LogP contribution in [-0.4, -0.2) is 42.2 Å². The average Bonchev–Trinajstić information content (AvgIpc) is 2.76. The van der Waals surface area contributed by atoms with E-state index in [1.54, 1.807) is 0 Å². The predicted molar refractivity (Wildman–Crippen MR) is 78.5 cm³/mol. The molecule has 2 aliphatic heterocycles. The Kier molecular flexibility index (Phi) is 3.76. The lowest BCUT2D eigenvalue weighted by molar-refractivity contribution is 0.199. The smallest absolute Gasteiger partial charge is 0.0761 e. The monoisotopic (exact) mass is 260 g/mol. The molecule has 2 fully saturated rings. The number of aliphatic hydroxyl groups excluding tert-OH is 1. The molecule has 0 radical (unpaired) electrons. The third kappa shape index (κ3) is 2.77. The van der Waals surface area contributed by atoms with Crippen molar-refractivity contribution in [3.8, 4) is 0 Å². The zero-order chi connectivity index (χ0) is 13.2. The van der Waals surface area contributed by atoms with Crippen LogP contribution < -0.4 is 4.90 Å². The fourth-order valence-corrected chi connectivity index (χ4v) is 3.40. The molecule has 2 saturated heterocycles. The van der Waals surface area contributed by atoms with Crippen LogP contribution in [0.15, 0.2) is 24.3 Å². The van der Waals surface area contributed by atoms with Crippen LogP contribution in [0.4, 0.5) is 5.69 Å². The summed E-state index contributed by atoms with van der Waals surface area (Å²) in [4.78, 5) is 5.17. The first-order valence-corrected chi connectivity index (χ1v) is 7.51. The minimum atomic E-state index is -0.372. The summed E-state index contributed by atoms with van der Waals surface area (Å²) in [5.74, 6) is 0. The van der Waals surface area contributed by atoms with Crippen LogP contribution >= 0.6 is 0 Å². The molecule has 0 saturated carbocycles. The van der Waals surface area contributed by atoms with Crippen molar-refractivity contribution in [1.29, 1.82) is 0 Å². The van der Waals surface area contributed by atoms with Gasteiger partial charge in [0.2, 0.25) is 0 Å². The first-order valence-electron chi connectivity index (χ1n) is 7.51. The fraction of sp³-hybridized carbons (Fsp3) is 0.625. The molecule has 104 valence electrons. The Morgan fingerprint density at radius 1 is 1.11 bits per heavy atom. The van der Waals surface area contributed by atoms with Gasteiger partial charge in [0.1, 0.15) is 0 Å². The molecule has 1 N–H and O–H groups in total. The summed E-state index contributed by atoms with van der Waals surface area (Å²) >= 11 is 0. The van der Waals surface area contributed by atoms with Gasteiger partial charge in [-0.25, -0.2) is 0 Å². The van der Waals surface area contributed by atoms with Gasteiger partial charge in [-0.2, -0.15) is 0 Å². The van der Waals surface area contributed by atoms with E-state index in [2.05, 4.69) is 34.1 Å². The maximum absolute atomic E-state index is 9.57. The SMILES string of the molecule is CC(O)c1ccc(N2CCCN3CCCC3C2)cc1. The Hall–Kier alpha value is -1.06. The second-order valence-corrected chi connectivity index (χ2v) is 5.90. The van der Waals surface area contributed by atoms with Gasteiger partial charge in [0.05, 0.1) is 6.10 Å². The summed E-state index contributed by atoms with van der Waals surface area (Å²) in [6, 6.07) is 9.17. The maximum Gasteiger partial charge on any atom is 0.0761 e. The number of benzene rings is 1. The number of fused-ring (bicyclic) bond motifs is 1. The number of anilines is 1. The lowest BCUT2D eigenvalue weighted by Crippen LogP contribution is -2.36. The fourth-order valence-electron chi connectivity index (χ4n) is 3.40. The highest BCUT2D eigenvalue weighted by Crippen LogP contribution is 2.26. The van der Waals surface area contributed by atoms with E-state index in [4.69, 9.17) is 0 Å². The third-order valence-corrected chi connectivity index (χ3v) is 4.54. The Morgan fingerprint density at radius 2 is 1.84 bits per heavy atom. The molecule has 2 unspecified atom stereocenters. The third-order valence-electron chi connectivity index (χ3n) is 4.54. The highest BCUT2D eigenvalue weighted by molar-refractivity contribution is 5.48. The molecule has 0 aliphatic carbocycles. The van der Waals surface area contributed by atoms with Crippen molar-refractivity contribution in [3.63, 3.8) is 0 Å². The van der Waals surface area contributed by atoms with Crippen molar-refractivity contribution < 1.29 is 5.11 Å². The van der Waals surface area contributed by atoms with E-state index in [0.717, 1.165) is 24.7 Å². The summed E-state index contributed by atoms with van der Waals surface area (Å²) in [6.07, 6.45) is 3.60. The number of rotatable bonds is 2. The first kappa shape index (κ1) is 12.9. The highest BCUT2D eigenvalue weighted by atomic mass is 16.3. The van der Waals surface area contributed by atoms with Crippen molar-refractivity contribution in [1.82, 2.24) is 4.90 Å². The van der Waals surface area contributed by atoms with Gasteiger partial charge in [0.25, 0.3) is 0 Å². The van der Waals surface area contributed by atoms with Crippen molar-refractivity contribution in [2.75, 3.05) is 31.1 Å². The summed E-state index contributed by atoms with van der Waals surface area (Å²) in [6.45, 7) is 6.68. The van der Waals surface area contributed by atoms with Crippen LogP contribution in [0.3, 0.4) is 0 Å². The normalized spacial score (nSPS) is 26.0. The first-order chi connectivity index (χ1) is 9.24. The molecular formula is C16H24N2O.